The fourth-order valence-electron chi connectivity index (χ4n) is 2.92. The molecule has 25 heavy (non-hydrogen) atoms. The van der Waals surface area contributed by atoms with Gasteiger partial charge in [-0.15, -0.1) is 0 Å². The molecule has 0 spiro atoms. The highest BCUT2D eigenvalue weighted by atomic mass is 19.1. The van der Waals surface area contributed by atoms with Crippen LogP contribution in [0.25, 0.3) is 11.4 Å². The van der Waals surface area contributed by atoms with E-state index < -0.39 is 0 Å². The number of amides is 1. The molecule has 3 rings (SSSR count). The highest BCUT2D eigenvalue weighted by molar-refractivity contribution is 5.76. The molecule has 0 saturated carbocycles. The molecule has 1 aliphatic rings. The first-order valence-corrected chi connectivity index (χ1v) is 8.56. The number of rotatable bonds is 5. The number of aromatic nitrogens is 2. The predicted molar refractivity (Wildman–Crippen MR) is 89.2 cm³/mol. The van der Waals surface area contributed by atoms with Gasteiger partial charge in [-0.1, -0.05) is 12.1 Å². The van der Waals surface area contributed by atoms with Crippen molar-refractivity contribution in [3.63, 3.8) is 0 Å². The van der Waals surface area contributed by atoms with E-state index in [0.29, 0.717) is 43.3 Å². The molecular formula is C18H22FN3O3. The molecule has 0 unspecified atom stereocenters. The lowest BCUT2D eigenvalue weighted by Gasteiger charge is -2.38. The van der Waals surface area contributed by atoms with Crippen LogP contribution < -0.4 is 0 Å². The lowest BCUT2D eigenvalue weighted by atomic mass is 10.1. The molecule has 0 radical (unpaired) electrons. The zero-order chi connectivity index (χ0) is 17.8. The van der Waals surface area contributed by atoms with Gasteiger partial charge in [-0.2, -0.15) is 4.98 Å². The minimum absolute atomic E-state index is 0.0558. The van der Waals surface area contributed by atoms with Crippen molar-refractivity contribution in [2.75, 3.05) is 13.2 Å². The maximum absolute atomic E-state index is 13.0. The van der Waals surface area contributed by atoms with Crippen LogP contribution in [-0.4, -0.2) is 46.2 Å². The zero-order valence-corrected chi connectivity index (χ0v) is 14.4. The van der Waals surface area contributed by atoms with Gasteiger partial charge in [0.15, 0.2) is 0 Å². The van der Waals surface area contributed by atoms with Gasteiger partial charge in [0.1, 0.15) is 5.82 Å². The van der Waals surface area contributed by atoms with Crippen molar-refractivity contribution in [1.29, 1.82) is 0 Å². The van der Waals surface area contributed by atoms with Gasteiger partial charge in [0.25, 0.3) is 0 Å². The zero-order valence-electron chi connectivity index (χ0n) is 14.4. The number of hydrogen-bond acceptors (Lipinski definition) is 5. The van der Waals surface area contributed by atoms with Crippen LogP contribution in [0.5, 0.6) is 0 Å². The minimum atomic E-state index is -0.316. The molecule has 1 aromatic heterocycles. The van der Waals surface area contributed by atoms with Crippen molar-refractivity contribution in [3.8, 4) is 11.4 Å². The first kappa shape index (κ1) is 17.5. The summed E-state index contributed by atoms with van der Waals surface area (Å²) in [5, 5.41) is 3.90. The second kappa shape index (κ2) is 7.74. The number of benzene rings is 1. The number of carbonyl (C=O) groups excluding carboxylic acids is 1. The van der Waals surface area contributed by atoms with Crippen molar-refractivity contribution < 1.29 is 18.4 Å². The molecular weight excluding hydrogens is 325 g/mol. The van der Waals surface area contributed by atoms with Crippen LogP contribution in [0, 0.1) is 5.82 Å². The Bertz CT molecular complexity index is 717. The lowest BCUT2D eigenvalue weighted by molar-refractivity contribution is -0.144. The van der Waals surface area contributed by atoms with Crippen LogP contribution in [0.3, 0.4) is 0 Å². The average Bonchev–Trinajstić information content (AvgIpc) is 3.09. The molecule has 1 amide bonds. The van der Waals surface area contributed by atoms with Crippen LogP contribution in [0.4, 0.5) is 4.39 Å². The van der Waals surface area contributed by atoms with Crippen molar-refractivity contribution in [2.24, 2.45) is 0 Å². The first-order chi connectivity index (χ1) is 12.1. The van der Waals surface area contributed by atoms with E-state index in [2.05, 4.69) is 17.1 Å². The fraction of sp³-hybridized carbons (Fsp3) is 0.500. The van der Waals surface area contributed by atoms with Gasteiger partial charge in [0, 0.05) is 24.9 Å². The summed E-state index contributed by atoms with van der Waals surface area (Å²) < 4.78 is 23.8. The summed E-state index contributed by atoms with van der Waals surface area (Å²) in [5.41, 5.74) is 0.677. The lowest BCUT2D eigenvalue weighted by Crippen LogP contribution is -2.51. The van der Waals surface area contributed by atoms with E-state index in [4.69, 9.17) is 9.26 Å². The van der Waals surface area contributed by atoms with Gasteiger partial charge < -0.3 is 14.2 Å². The van der Waals surface area contributed by atoms with E-state index in [9.17, 15) is 9.18 Å². The Hall–Kier alpha value is -2.28. The summed E-state index contributed by atoms with van der Waals surface area (Å²) in [6.07, 6.45) is 1.62. The molecule has 2 atom stereocenters. The number of hydrogen-bond donors (Lipinski definition) is 0. The third kappa shape index (κ3) is 4.22. The van der Waals surface area contributed by atoms with Gasteiger partial charge in [0.2, 0.25) is 17.6 Å². The largest absolute Gasteiger partial charge is 0.375 e. The maximum atomic E-state index is 13.0. The molecule has 0 aliphatic carbocycles. The van der Waals surface area contributed by atoms with Crippen molar-refractivity contribution in [3.05, 3.63) is 36.0 Å². The summed E-state index contributed by atoms with van der Waals surface area (Å²) in [7, 11) is 0. The summed E-state index contributed by atoms with van der Waals surface area (Å²) in [6.45, 7) is 5.22. The van der Waals surface area contributed by atoms with Gasteiger partial charge in [-0.25, -0.2) is 4.39 Å². The third-order valence-electron chi connectivity index (χ3n) is 4.38. The van der Waals surface area contributed by atoms with E-state index in [-0.39, 0.29) is 23.9 Å². The molecule has 134 valence electrons. The number of ether oxygens (including phenoxy) is 1. The van der Waals surface area contributed by atoms with Crippen molar-refractivity contribution in [2.45, 2.75) is 45.3 Å². The SMILES string of the molecule is CC[C@H]1CO[C@@H](C)CN1C(=O)CCc1nc(-c2ccc(F)cc2)no1. The molecule has 0 bridgehead atoms. The van der Waals surface area contributed by atoms with E-state index in [1.54, 1.807) is 12.1 Å². The van der Waals surface area contributed by atoms with Crippen LogP contribution in [0.2, 0.25) is 0 Å². The summed E-state index contributed by atoms with van der Waals surface area (Å²) in [4.78, 5) is 18.7. The molecule has 7 heteroatoms. The Balaban J connectivity index is 1.60. The van der Waals surface area contributed by atoms with Gasteiger partial charge >= 0.3 is 0 Å². The van der Waals surface area contributed by atoms with Crippen LogP contribution in [0.15, 0.2) is 28.8 Å². The molecule has 1 aromatic carbocycles. The standard InChI is InChI=1S/C18H22FN3O3/c1-3-15-11-24-12(2)10-22(15)17(23)9-8-16-20-18(21-25-16)13-4-6-14(19)7-5-13/h4-7,12,15H,3,8-11H2,1-2H3/t12-,15-/m0/s1. The topological polar surface area (TPSA) is 68.5 Å². The molecule has 1 aliphatic heterocycles. The fourth-order valence-corrected chi connectivity index (χ4v) is 2.92. The van der Waals surface area contributed by atoms with Crippen molar-refractivity contribution >= 4 is 5.91 Å². The van der Waals surface area contributed by atoms with Crippen LogP contribution in [-0.2, 0) is 16.0 Å². The van der Waals surface area contributed by atoms with E-state index in [0.717, 1.165) is 6.42 Å². The Kier molecular flexibility index (Phi) is 5.43. The summed E-state index contributed by atoms with van der Waals surface area (Å²) in [6, 6.07) is 6.01. The van der Waals surface area contributed by atoms with Gasteiger partial charge in [-0.05, 0) is 37.6 Å². The quantitative estimate of drug-likeness (QED) is 0.832. The number of carbonyl (C=O) groups is 1. The molecule has 2 heterocycles. The first-order valence-electron chi connectivity index (χ1n) is 8.56. The monoisotopic (exact) mass is 347 g/mol. The summed E-state index contributed by atoms with van der Waals surface area (Å²) >= 11 is 0. The van der Waals surface area contributed by atoms with E-state index in [1.807, 2.05) is 11.8 Å². The normalized spacial score (nSPS) is 20.7. The van der Waals surface area contributed by atoms with Gasteiger partial charge in [-0.3, -0.25) is 4.79 Å². The van der Waals surface area contributed by atoms with Crippen LogP contribution in [0.1, 0.15) is 32.6 Å². The molecule has 0 N–H and O–H groups in total. The molecule has 1 saturated heterocycles. The molecule has 2 aromatic rings. The third-order valence-corrected chi connectivity index (χ3v) is 4.38. The van der Waals surface area contributed by atoms with Gasteiger partial charge in [0.05, 0.1) is 18.8 Å². The predicted octanol–water partition coefficient (Wildman–Crippen LogP) is 2.83. The number of morpholine rings is 1. The van der Waals surface area contributed by atoms with Crippen LogP contribution >= 0.6 is 0 Å². The average molecular weight is 347 g/mol. The number of nitrogens with zero attached hydrogens (tertiary/aromatic N) is 3. The Morgan fingerprint density at radius 1 is 1.36 bits per heavy atom. The minimum Gasteiger partial charge on any atom is -0.375 e. The second-order valence-corrected chi connectivity index (χ2v) is 6.27. The number of halogens is 1. The van der Waals surface area contributed by atoms with Crippen molar-refractivity contribution in [1.82, 2.24) is 15.0 Å². The smallest absolute Gasteiger partial charge is 0.227 e. The van der Waals surface area contributed by atoms with E-state index in [1.165, 1.54) is 12.1 Å². The molecule has 6 nitrogen and oxygen atoms in total. The highest BCUT2D eigenvalue weighted by Gasteiger charge is 2.29. The Morgan fingerprint density at radius 2 is 2.12 bits per heavy atom. The van der Waals surface area contributed by atoms with E-state index >= 15 is 0 Å². The Labute approximate surface area is 146 Å². The number of aryl methyl sites for hydroxylation is 1. The molecule has 1 fully saturated rings. The Morgan fingerprint density at radius 3 is 2.84 bits per heavy atom. The summed E-state index contributed by atoms with van der Waals surface area (Å²) in [5.74, 6) is 0.558. The maximum Gasteiger partial charge on any atom is 0.227 e. The highest BCUT2D eigenvalue weighted by Crippen LogP contribution is 2.19. The second-order valence-electron chi connectivity index (χ2n) is 6.27.